The van der Waals surface area contributed by atoms with Crippen molar-refractivity contribution < 1.29 is 9.53 Å². The molecule has 0 spiro atoms. The molecule has 0 aliphatic rings. The zero-order chi connectivity index (χ0) is 14.0. The number of carbonyl (C=O) groups is 1. The number of halogens is 1. The third-order valence-electron chi connectivity index (χ3n) is 2.71. The number of ether oxygens (including phenoxy) is 1. The van der Waals surface area contributed by atoms with Crippen molar-refractivity contribution in [1.82, 2.24) is 9.55 Å². The van der Waals surface area contributed by atoms with Crippen LogP contribution < -0.4 is 5.73 Å². The first-order valence-corrected chi connectivity index (χ1v) is 6.60. The molecule has 6 heteroatoms. The van der Waals surface area contributed by atoms with E-state index in [1.54, 1.807) is 11.5 Å². The molecular weight excluding hydrogens is 310 g/mol. The lowest BCUT2D eigenvalue weighted by atomic mass is 10.2. The molecule has 19 heavy (non-hydrogen) atoms. The van der Waals surface area contributed by atoms with E-state index in [2.05, 4.69) is 20.9 Å². The number of nitrogen functional groups attached to an aromatic ring is 1. The summed E-state index contributed by atoms with van der Waals surface area (Å²) < 4.78 is 7.51. The molecule has 0 saturated carbocycles. The van der Waals surface area contributed by atoms with Crippen molar-refractivity contribution in [3.63, 3.8) is 0 Å². The van der Waals surface area contributed by atoms with Crippen molar-refractivity contribution in [1.29, 1.82) is 0 Å². The first-order chi connectivity index (χ1) is 9.04. The van der Waals surface area contributed by atoms with Gasteiger partial charge in [0, 0.05) is 10.2 Å². The van der Waals surface area contributed by atoms with Crippen LogP contribution in [-0.2, 0) is 4.74 Å². The van der Waals surface area contributed by atoms with Gasteiger partial charge in [-0.15, -0.1) is 0 Å². The molecule has 1 aromatic carbocycles. The molecule has 0 bridgehead atoms. The number of nitrogens with zero attached hydrogens (tertiary/aromatic N) is 2. The Morgan fingerprint density at radius 3 is 2.89 bits per heavy atom. The van der Waals surface area contributed by atoms with Crippen LogP contribution in [0.15, 0.2) is 29.0 Å². The number of hydrogen-bond acceptors (Lipinski definition) is 4. The predicted molar refractivity (Wildman–Crippen MR) is 76.4 cm³/mol. The first kappa shape index (κ1) is 13.6. The largest absolute Gasteiger partial charge is 0.461 e. The van der Waals surface area contributed by atoms with E-state index < -0.39 is 5.97 Å². The number of imidazole rings is 1. The Kier molecular flexibility index (Phi) is 3.90. The van der Waals surface area contributed by atoms with Crippen LogP contribution in [0.5, 0.6) is 0 Å². The lowest BCUT2D eigenvalue weighted by Crippen LogP contribution is -2.09. The zero-order valence-electron chi connectivity index (χ0n) is 10.7. The summed E-state index contributed by atoms with van der Waals surface area (Å²) in [7, 11) is 0. The lowest BCUT2D eigenvalue weighted by Gasteiger charge is -2.07. The van der Waals surface area contributed by atoms with E-state index in [1.165, 1.54) is 6.33 Å². The zero-order valence-corrected chi connectivity index (χ0v) is 12.3. The maximum atomic E-state index is 11.6. The second-order valence-electron chi connectivity index (χ2n) is 4.00. The van der Waals surface area contributed by atoms with E-state index >= 15 is 0 Å². The van der Waals surface area contributed by atoms with Gasteiger partial charge in [-0.3, -0.25) is 4.57 Å². The van der Waals surface area contributed by atoms with Gasteiger partial charge >= 0.3 is 5.97 Å². The van der Waals surface area contributed by atoms with Crippen LogP contribution in [0.1, 0.15) is 23.0 Å². The molecule has 2 aromatic rings. The average molecular weight is 324 g/mol. The highest BCUT2D eigenvalue weighted by atomic mass is 79.9. The second-order valence-corrected chi connectivity index (χ2v) is 4.86. The third-order valence-corrected chi connectivity index (χ3v) is 3.56. The van der Waals surface area contributed by atoms with Crippen molar-refractivity contribution in [3.05, 3.63) is 40.3 Å². The number of benzene rings is 1. The average Bonchev–Trinajstić information content (AvgIpc) is 2.75. The van der Waals surface area contributed by atoms with Crippen LogP contribution >= 0.6 is 15.9 Å². The Labute approximate surface area is 119 Å². The molecular formula is C13H14BrN3O2. The van der Waals surface area contributed by atoms with Gasteiger partial charge in [-0.25, -0.2) is 9.78 Å². The summed E-state index contributed by atoms with van der Waals surface area (Å²) >= 11 is 3.46. The van der Waals surface area contributed by atoms with Crippen molar-refractivity contribution in [3.8, 4) is 5.69 Å². The molecule has 0 unspecified atom stereocenters. The number of aromatic nitrogens is 2. The molecule has 0 saturated heterocycles. The van der Waals surface area contributed by atoms with Gasteiger partial charge in [-0.1, -0.05) is 22.0 Å². The second kappa shape index (κ2) is 5.44. The number of hydrogen-bond donors (Lipinski definition) is 1. The molecule has 0 aliphatic carbocycles. The summed E-state index contributed by atoms with van der Waals surface area (Å²) in [6, 6.07) is 5.79. The lowest BCUT2D eigenvalue weighted by molar-refractivity contribution is 0.0521. The van der Waals surface area contributed by atoms with Crippen LogP contribution in [0.3, 0.4) is 0 Å². The summed E-state index contributed by atoms with van der Waals surface area (Å²) in [6.45, 7) is 4.03. The molecule has 100 valence electrons. The predicted octanol–water partition coefficient (Wildman–Crippen LogP) is 2.70. The van der Waals surface area contributed by atoms with Gasteiger partial charge in [0.25, 0.3) is 0 Å². The van der Waals surface area contributed by atoms with Crippen molar-refractivity contribution in [2.45, 2.75) is 13.8 Å². The Bertz CT molecular complexity index is 622. The Balaban J connectivity index is 2.41. The van der Waals surface area contributed by atoms with Crippen molar-refractivity contribution >= 4 is 27.7 Å². The minimum absolute atomic E-state index is 0.138. The van der Waals surface area contributed by atoms with E-state index in [9.17, 15) is 4.79 Å². The normalized spacial score (nSPS) is 10.5. The minimum atomic E-state index is -0.509. The van der Waals surface area contributed by atoms with Crippen LogP contribution in [0.4, 0.5) is 5.82 Å². The highest BCUT2D eigenvalue weighted by Gasteiger charge is 2.17. The van der Waals surface area contributed by atoms with Crippen LogP contribution in [0.25, 0.3) is 5.69 Å². The molecule has 0 amide bonds. The van der Waals surface area contributed by atoms with Crippen molar-refractivity contribution in [2.75, 3.05) is 12.3 Å². The monoisotopic (exact) mass is 323 g/mol. The number of rotatable bonds is 3. The van der Waals surface area contributed by atoms with Gasteiger partial charge in [-0.05, 0) is 31.5 Å². The summed E-state index contributed by atoms with van der Waals surface area (Å²) in [5.74, 6) is -0.237. The molecule has 1 aromatic heterocycles. The Morgan fingerprint density at radius 1 is 1.53 bits per heavy atom. The highest BCUT2D eigenvalue weighted by Crippen LogP contribution is 2.23. The van der Waals surface area contributed by atoms with E-state index in [4.69, 9.17) is 10.5 Å². The fourth-order valence-corrected chi connectivity index (χ4v) is 2.02. The summed E-state index contributed by atoms with van der Waals surface area (Å²) in [4.78, 5) is 15.7. The minimum Gasteiger partial charge on any atom is -0.461 e. The fraction of sp³-hybridized carbons (Fsp3) is 0.231. The Morgan fingerprint density at radius 2 is 2.26 bits per heavy atom. The summed E-state index contributed by atoms with van der Waals surface area (Å²) in [6.07, 6.45) is 1.51. The van der Waals surface area contributed by atoms with Crippen LogP contribution in [-0.4, -0.2) is 22.1 Å². The van der Waals surface area contributed by atoms with Crippen LogP contribution in [0, 0.1) is 6.92 Å². The van der Waals surface area contributed by atoms with Gasteiger partial charge in [0.2, 0.25) is 0 Å². The van der Waals surface area contributed by atoms with Gasteiger partial charge in [0.15, 0.2) is 5.69 Å². The maximum absolute atomic E-state index is 11.6. The number of anilines is 1. The van der Waals surface area contributed by atoms with Gasteiger partial charge < -0.3 is 10.5 Å². The Hall–Kier alpha value is -1.82. The van der Waals surface area contributed by atoms with E-state index in [1.807, 2.05) is 25.1 Å². The summed E-state index contributed by atoms with van der Waals surface area (Å²) in [5.41, 5.74) is 8.03. The smallest absolute Gasteiger partial charge is 0.360 e. The van der Waals surface area contributed by atoms with Crippen molar-refractivity contribution in [2.24, 2.45) is 0 Å². The molecule has 2 N–H and O–H groups in total. The standard InChI is InChI=1S/C13H14BrN3O2/c1-3-19-13(18)11-12(15)17(7-16-11)9-5-4-8(2)10(14)6-9/h4-7H,3,15H2,1-2H3. The topological polar surface area (TPSA) is 70.1 Å². The van der Waals surface area contributed by atoms with Gasteiger partial charge in [0.05, 0.1) is 6.61 Å². The van der Waals surface area contributed by atoms with E-state index in [0.29, 0.717) is 6.61 Å². The number of esters is 1. The van der Waals surface area contributed by atoms with Gasteiger partial charge in [0.1, 0.15) is 12.1 Å². The highest BCUT2D eigenvalue weighted by molar-refractivity contribution is 9.10. The molecule has 0 atom stereocenters. The molecule has 0 aliphatic heterocycles. The quantitative estimate of drug-likeness (QED) is 0.881. The molecule has 0 radical (unpaired) electrons. The first-order valence-electron chi connectivity index (χ1n) is 5.81. The van der Waals surface area contributed by atoms with E-state index in [0.717, 1.165) is 15.7 Å². The maximum Gasteiger partial charge on any atom is 0.360 e. The molecule has 0 fully saturated rings. The fourth-order valence-electron chi connectivity index (χ4n) is 1.65. The van der Waals surface area contributed by atoms with Gasteiger partial charge in [-0.2, -0.15) is 0 Å². The molecule has 1 heterocycles. The molecule has 2 rings (SSSR count). The number of nitrogens with two attached hydrogens (primary N) is 1. The van der Waals surface area contributed by atoms with Crippen LogP contribution in [0.2, 0.25) is 0 Å². The third kappa shape index (κ3) is 2.63. The van der Waals surface area contributed by atoms with E-state index in [-0.39, 0.29) is 11.5 Å². The molecule has 5 nitrogen and oxygen atoms in total. The number of aryl methyl sites for hydroxylation is 1. The number of carbonyl (C=O) groups excluding carboxylic acids is 1. The summed E-state index contributed by atoms with van der Waals surface area (Å²) in [5, 5.41) is 0. The SMILES string of the molecule is CCOC(=O)c1ncn(-c2ccc(C)c(Br)c2)c1N.